The van der Waals surface area contributed by atoms with Crippen molar-refractivity contribution in [1.82, 2.24) is 24.8 Å². The highest BCUT2D eigenvalue weighted by Gasteiger charge is 2.44. The summed E-state index contributed by atoms with van der Waals surface area (Å²) in [5.74, 6) is -1.11. The molecule has 7 rings (SSSR count). The Hall–Kier alpha value is -3.73. The number of carboxylic acids is 1. The summed E-state index contributed by atoms with van der Waals surface area (Å²) >= 11 is 3.74. The zero-order chi connectivity index (χ0) is 30.4. The molecule has 2 aromatic carbocycles. The van der Waals surface area contributed by atoms with Gasteiger partial charge in [0.15, 0.2) is 0 Å². The Balaban J connectivity index is 1.22. The Morgan fingerprint density at radius 1 is 1.02 bits per heavy atom. The highest BCUT2D eigenvalue weighted by Crippen LogP contribution is 2.44. The second-order valence-electron chi connectivity index (χ2n) is 12.6. The Labute approximate surface area is 264 Å². The average molecular weight is 663 g/mol. The molecule has 3 aromatic rings. The monoisotopic (exact) mass is 661 g/mol. The zero-order valence-corrected chi connectivity index (χ0v) is 26.1. The molecular formula is C33H36BrN5O5. The fraction of sp³-hybridized carbons (Fsp3) is 0.485. The van der Waals surface area contributed by atoms with Gasteiger partial charge in [-0.25, -0.2) is 0 Å². The lowest BCUT2D eigenvalue weighted by Crippen LogP contribution is -2.50. The van der Waals surface area contributed by atoms with Gasteiger partial charge in [0.05, 0.1) is 24.1 Å². The molecule has 1 aromatic heterocycles. The van der Waals surface area contributed by atoms with Gasteiger partial charge in [0.1, 0.15) is 18.1 Å². The van der Waals surface area contributed by atoms with E-state index >= 15 is 0 Å². The largest absolute Gasteiger partial charge is 0.487 e. The molecular weight excluding hydrogens is 626 g/mol. The van der Waals surface area contributed by atoms with Crippen LogP contribution in [0.15, 0.2) is 47.1 Å². The van der Waals surface area contributed by atoms with E-state index in [0.29, 0.717) is 49.6 Å². The molecule has 44 heavy (non-hydrogen) atoms. The smallest absolute Gasteiger partial charge is 0.307 e. The van der Waals surface area contributed by atoms with Crippen molar-refractivity contribution in [2.24, 2.45) is 17.8 Å². The summed E-state index contributed by atoms with van der Waals surface area (Å²) < 4.78 is 9.22. The lowest BCUT2D eigenvalue weighted by Gasteiger charge is -2.43. The van der Waals surface area contributed by atoms with Crippen LogP contribution in [0.4, 0.5) is 0 Å². The summed E-state index contributed by atoms with van der Waals surface area (Å²) in [6, 6.07) is 11.0. The zero-order valence-electron chi connectivity index (χ0n) is 24.5. The number of amides is 2. The third-order valence-electron chi connectivity index (χ3n) is 9.65. The van der Waals surface area contributed by atoms with E-state index < -0.39 is 23.8 Å². The molecule has 2 amide bonds. The molecule has 2 aliphatic carbocycles. The molecule has 0 radical (unpaired) electrons. The summed E-state index contributed by atoms with van der Waals surface area (Å²) in [7, 11) is 0. The minimum atomic E-state index is -0.913. The molecule has 0 saturated heterocycles. The Morgan fingerprint density at radius 2 is 1.82 bits per heavy atom. The molecule has 3 atom stereocenters. The van der Waals surface area contributed by atoms with Gasteiger partial charge in [-0.2, -0.15) is 0 Å². The van der Waals surface area contributed by atoms with Crippen LogP contribution in [0.3, 0.4) is 0 Å². The van der Waals surface area contributed by atoms with Gasteiger partial charge in [0.2, 0.25) is 5.91 Å². The molecule has 2 aliphatic heterocycles. The topological polar surface area (TPSA) is 118 Å². The van der Waals surface area contributed by atoms with Crippen LogP contribution >= 0.6 is 15.9 Å². The van der Waals surface area contributed by atoms with Crippen LogP contribution in [-0.2, 0) is 35.7 Å². The second-order valence-corrected chi connectivity index (χ2v) is 13.4. The van der Waals surface area contributed by atoms with Crippen LogP contribution in [0, 0.1) is 17.8 Å². The number of halogens is 1. The predicted molar refractivity (Wildman–Crippen MR) is 164 cm³/mol. The Kier molecular flexibility index (Phi) is 7.90. The fourth-order valence-corrected chi connectivity index (χ4v) is 7.72. The third-order valence-corrected chi connectivity index (χ3v) is 10.4. The van der Waals surface area contributed by atoms with E-state index in [1.165, 1.54) is 12.8 Å². The van der Waals surface area contributed by atoms with Crippen LogP contribution in [0.1, 0.15) is 77.3 Å². The normalized spacial score (nSPS) is 22.9. The van der Waals surface area contributed by atoms with E-state index in [1.54, 1.807) is 4.90 Å². The minimum absolute atomic E-state index is 0.0639. The Morgan fingerprint density at radius 3 is 2.59 bits per heavy atom. The molecule has 2 fully saturated rings. The molecule has 3 heterocycles. The van der Waals surface area contributed by atoms with Gasteiger partial charge < -0.3 is 19.6 Å². The van der Waals surface area contributed by atoms with Crippen molar-refractivity contribution in [3.05, 3.63) is 75.0 Å². The van der Waals surface area contributed by atoms with Crippen LogP contribution < -0.4 is 4.74 Å². The van der Waals surface area contributed by atoms with Crippen molar-refractivity contribution >= 4 is 33.7 Å². The van der Waals surface area contributed by atoms with E-state index in [4.69, 9.17) is 4.74 Å². The van der Waals surface area contributed by atoms with Crippen LogP contribution in [0.25, 0.3) is 0 Å². The van der Waals surface area contributed by atoms with Crippen LogP contribution in [0.5, 0.6) is 5.75 Å². The summed E-state index contributed by atoms with van der Waals surface area (Å²) in [4.78, 5) is 43.7. The number of fused-ring (bicyclic) bond motifs is 2. The quantitative estimate of drug-likeness (QED) is 0.343. The number of ether oxygens (including phenoxy) is 1. The SMILES string of the molecule is O=C(O)[C@H]1CCCC[C@H]1C(=O)N1CCc2c(Br)ccc(OCc3cn(CC4CC4)nn3)c2[C@H]1CN1Cc2ccccc2C1=O. The Bertz CT molecular complexity index is 1600. The van der Waals surface area contributed by atoms with Gasteiger partial charge in [-0.3, -0.25) is 19.1 Å². The number of carbonyl (C=O) groups excluding carboxylic acids is 2. The first-order valence-electron chi connectivity index (χ1n) is 15.6. The molecule has 0 spiro atoms. The maximum absolute atomic E-state index is 14.3. The number of rotatable bonds is 9. The van der Waals surface area contributed by atoms with Crippen molar-refractivity contribution < 1.29 is 24.2 Å². The second kappa shape index (κ2) is 12.0. The summed E-state index contributed by atoms with van der Waals surface area (Å²) in [6.45, 7) is 2.26. The number of aromatic nitrogens is 3. The van der Waals surface area contributed by atoms with Crippen molar-refractivity contribution in [3.8, 4) is 5.75 Å². The van der Waals surface area contributed by atoms with Crippen molar-refractivity contribution in [2.75, 3.05) is 13.1 Å². The summed E-state index contributed by atoms with van der Waals surface area (Å²) in [5, 5.41) is 18.6. The lowest BCUT2D eigenvalue weighted by atomic mass is 9.77. The molecule has 1 N–H and O–H groups in total. The third kappa shape index (κ3) is 5.62. The van der Waals surface area contributed by atoms with Crippen LogP contribution in [0.2, 0.25) is 0 Å². The highest BCUT2D eigenvalue weighted by molar-refractivity contribution is 9.10. The number of hydrogen-bond acceptors (Lipinski definition) is 6. The van der Waals surface area contributed by atoms with Gasteiger partial charge in [-0.05, 0) is 67.3 Å². The number of nitrogens with zero attached hydrogens (tertiary/aromatic N) is 5. The molecule has 0 unspecified atom stereocenters. The number of carbonyl (C=O) groups is 3. The van der Waals surface area contributed by atoms with Gasteiger partial charge >= 0.3 is 5.97 Å². The minimum Gasteiger partial charge on any atom is -0.487 e. The van der Waals surface area contributed by atoms with Gasteiger partial charge in [0.25, 0.3) is 5.91 Å². The molecule has 4 aliphatic rings. The van der Waals surface area contributed by atoms with E-state index in [1.807, 2.05) is 52.2 Å². The van der Waals surface area contributed by atoms with E-state index in [-0.39, 0.29) is 25.0 Å². The van der Waals surface area contributed by atoms with E-state index in [0.717, 1.165) is 46.2 Å². The van der Waals surface area contributed by atoms with Gasteiger partial charge in [-0.1, -0.05) is 52.2 Å². The van der Waals surface area contributed by atoms with Gasteiger partial charge in [0, 0.05) is 41.8 Å². The van der Waals surface area contributed by atoms with E-state index in [2.05, 4.69) is 26.2 Å². The summed E-state index contributed by atoms with van der Waals surface area (Å²) in [6.07, 6.45) is 7.66. The van der Waals surface area contributed by atoms with Crippen molar-refractivity contribution in [2.45, 2.75) is 70.7 Å². The van der Waals surface area contributed by atoms with E-state index in [9.17, 15) is 19.5 Å². The maximum Gasteiger partial charge on any atom is 0.307 e. The first-order chi connectivity index (χ1) is 21.4. The number of benzene rings is 2. The number of carboxylic acid groups (broad SMARTS) is 1. The number of hydrogen-bond donors (Lipinski definition) is 1. The molecule has 11 heteroatoms. The average Bonchev–Trinajstić information content (AvgIpc) is 3.65. The lowest BCUT2D eigenvalue weighted by molar-refractivity contribution is -0.153. The molecule has 2 saturated carbocycles. The predicted octanol–water partition coefficient (Wildman–Crippen LogP) is 5.00. The van der Waals surface area contributed by atoms with Crippen molar-refractivity contribution in [1.29, 1.82) is 0 Å². The maximum atomic E-state index is 14.3. The highest BCUT2D eigenvalue weighted by atomic mass is 79.9. The standard InChI is InChI=1S/C33H36BrN5O5/c34-27-11-12-29(44-19-22-17-38(36-35-22)15-20-9-10-20)30-26(27)13-14-39(32(41)24-7-3-4-8-25(24)33(42)43)28(30)18-37-16-21-5-1-2-6-23(21)31(37)40/h1-2,5-6,11-12,17,20,24-25,28H,3-4,7-10,13-16,18-19H2,(H,42,43)/t24-,25+,28-/m1/s1. The van der Waals surface area contributed by atoms with Crippen molar-refractivity contribution in [3.63, 3.8) is 0 Å². The van der Waals surface area contributed by atoms with Crippen LogP contribution in [-0.4, -0.2) is 60.8 Å². The first-order valence-corrected chi connectivity index (χ1v) is 16.4. The number of aliphatic carboxylic acids is 1. The first kappa shape index (κ1) is 29.0. The molecule has 230 valence electrons. The summed E-state index contributed by atoms with van der Waals surface area (Å²) in [5.41, 5.74) is 4.26. The molecule has 0 bridgehead atoms. The van der Waals surface area contributed by atoms with Gasteiger partial charge in [-0.15, -0.1) is 5.10 Å². The molecule has 10 nitrogen and oxygen atoms in total. The fourth-order valence-electron chi connectivity index (χ4n) is 7.18.